The Morgan fingerprint density at radius 3 is 1.38 bits per heavy atom. The zero-order valence-electron chi connectivity index (χ0n) is 22.4. The van der Waals surface area contributed by atoms with E-state index in [9.17, 15) is 14.4 Å². The van der Waals surface area contributed by atoms with Gasteiger partial charge in [-0.05, 0) is 36.9 Å². The average molecular weight is 513 g/mol. The summed E-state index contributed by atoms with van der Waals surface area (Å²) in [5, 5.41) is 18.6. The lowest BCUT2D eigenvalue weighted by molar-refractivity contribution is -0.134. The molecule has 0 heterocycles. The van der Waals surface area contributed by atoms with E-state index in [1.807, 2.05) is 88.4 Å². The maximum Gasteiger partial charge on any atom is 0.290 e. The topological polar surface area (TPSA) is 137 Å². The fourth-order valence-electron chi connectivity index (χ4n) is 3.60. The van der Waals surface area contributed by atoms with Crippen molar-refractivity contribution < 1.29 is 24.3 Å². The number of carbonyl (C=O) groups is 4. The summed E-state index contributed by atoms with van der Waals surface area (Å²) in [6, 6.07) is 17.1. The lowest BCUT2D eigenvalue weighted by Crippen LogP contribution is -2.58. The number of carbonyl (C=O) groups excluding carboxylic acids is 3. The van der Waals surface area contributed by atoms with Crippen LogP contribution in [0, 0.1) is 11.8 Å². The first-order valence-corrected chi connectivity index (χ1v) is 12.3. The molecule has 2 aromatic carbocycles. The minimum Gasteiger partial charge on any atom is -0.483 e. The van der Waals surface area contributed by atoms with Gasteiger partial charge in [0.1, 0.15) is 12.1 Å². The first-order valence-electron chi connectivity index (χ1n) is 12.3. The molecule has 0 fully saturated rings. The van der Waals surface area contributed by atoms with E-state index in [2.05, 4.69) is 21.3 Å². The van der Waals surface area contributed by atoms with Crippen molar-refractivity contribution in [1.29, 1.82) is 0 Å². The molecule has 0 bridgehead atoms. The summed E-state index contributed by atoms with van der Waals surface area (Å²) in [5.41, 5.74) is 1.90. The molecule has 9 nitrogen and oxygen atoms in total. The molecule has 0 spiro atoms. The Balaban J connectivity index is 0.00000217. The summed E-state index contributed by atoms with van der Waals surface area (Å²) in [7, 11) is 1.68. The summed E-state index contributed by atoms with van der Waals surface area (Å²) in [5.74, 6) is -1.23. The third-order valence-corrected chi connectivity index (χ3v) is 5.87. The van der Waals surface area contributed by atoms with Gasteiger partial charge in [0, 0.05) is 0 Å². The molecule has 0 saturated heterocycles. The number of amides is 3. The van der Waals surface area contributed by atoms with Crippen molar-refractivity contribution in [2.24, 2.45) is 11.8 Å². The molecule has 0 unspecified atom stereocenters. The van der Waals surface area contributed by atoms with Crippen molar-refractivity contribution >= 4 is 24.2 Å². The quantitative estimate of drug-likeness (QED) is 0.294. The van der Waals surface area contributed by atoms with Crippen molar-refractivity contribution in [3.05, 3.63) is 71.8 Å². The Labute approximate surface area is 219 Å². The number of hydrogen-bond acceptors (Lipinski definition) is 5. The lowest BCUT2D eigenvalue weighted by Gasteiger charge is -2.29. The minimum absolute atomic E-state index is 0.148. The molecule has 0 aliphatic carbocycles. The largest absolute Gasteiger partial charge is 0.483 e. The Morgan fingerprint density at radius 2 is 1.03 bits per heavy atom. The van der Waals surface area contributed by atoms with Crippen LogP contribution in [0.1, 0.15) is 51.8 Å². The molecular weight excluding hydrogens is 472 g/mol. The van der Waals surface area contributed by atoms with Crippen LogP contribution in [0.5, 0.6) is 0 Å². The third-order valence-electron chi connectivity index (χ3n) is 5.87. The maximum absolute atomic E-state index is 13.4. The molecule has 0 radical (unpaired) electrons. The monoisotopic (exact) mass is 512 g/mol. The summed E-state index contributed by atoms with van der Waals surface area (Å²) >= 11 is 0. The molecule has 202 valence electrons. The van der Waals surface area contributed by atoms with Crippen molar-refractivity contribution in [3.63, 3.8) is 0 Å². The van der Waals surface area contributed by atoms with Crippen LogP contribution in [0.3, 0.4) is 0 Å². The number of carboxylic acid groups (broad SMARTS) is 1. The zero-order chi connectivity index (χ0) is 28.0. The van der Waals surface area contributed by atoms with Gasteiger partial charge in [-0.2, -0.15) is 0 Å². The highest BCUT2D eigenvalue weighted by atomic mass is 16.3. The van der Waals surface area contributed by atoms with E-state index in [4.69, 9.17) is 9.90 Å². The summed E-state index contributed by atoms with van der Waals surface area (Å²) in [6.07, 6.45) is 0. The SMILES string of the molecule is CN[C@@H](C)C(=O)N[C@H](C(=O)N[C@H](C(=O)NC(c1ccccc1)c1ccccc1)C(C)C)C(C)C.O=CO. The van der Waals surface area contributed by atoms with Gasteiger partial charge in [-0.1, -0.05) is 88.4 Å². The normalized spacial score (nSPS) is 13.1. The Morgan fingerprint density at radius 1 is 0.676 bits per heavy atom. The van der Waals surface area contributed by atoms with Crippen molar-refractivity contribution in [3.8, 4) is 0 Å². The first-order chi connectivity index (χ1) is 17.6. The zero-order valence-corrected chi connectivity index (χ0v) is 22.4. The van der Waals surface area contributed by atoms with Gasteiger partial charge in [-0.25, -0.2) is 0 Å². The summed E-state index contributed by atoms with van der Waals surface area (Å²) < 4.78 is 0. The highest BCUT2D eigenvalue weighted by Gasteiger charge is 2.32. The van der Waals surface area contributed by atoms with Gasteiger partial charge in [0.15, 0.2) is 0 Å². The first kappa shape index (κ1) is 31.3. The number of likely N-dealkylation sites (N-methyl/N-ethyl adjacent to an activating group) is 1. The summed E-state index contributed by atoms with van der Waals surface area (Å²) in [4.78, 5) is 47.3. The number of hydrogen-bond donors (Lipinski definition) is 5. The van der Waals surface area contributed by atoms with Gasteiger partial charge in [0.05, 0.1) is 12.1 Å². The molecule has 3 atom stereocenters. The second-order valence-electron chi connectivity index (χ2n) is 9.34. The van der Waals surface area contributed by atoms with E-state index in [1.54, 1.807) is 14.0 Å². The van der Waals surface area contributed by atoms with Crippen LogP contribution >= 0.6 is 0 Å². The number of rotatable bonds is 11. The van der Waals surface area contributed by atoms with Crippen LogP contribution in [-0.2, 0) is 19.2 Å². The van der Waals surface area contributed by atoms with E-state index in [1.165, 1.54) is 0 Å². The highest BCUT2D eigenvalue weighted by molar-refractivity contribution is 5.93. The second kappa shape index (κ2) is 16.1. The second-order valence-corrected chi connectivity index (χ2v) is 9.34. The van der Waals surface area contributed by atoms with Gasteiger partial charge >= 0.3 is 0 Å². The van der Waals surface area contributed by atoms with Crippen LogP contribution in [-0.4, -0.2) is 54.5 Å². The number of benzene rings is 2. The molecule has 0 aliphatic rings. The van der Waals surface area contributed by atoms with E-state index < -0.39 is 18.1 Å². The van der Waals surface area contributed by atoms with E-state index in [0.29, 0.717) is 0 Å². The molecule has 2 rings (SSSR count). The molecule has 0 aromatic heterocycles. The standard InChI is InChI=1S/C27H38N4O3.CH2O2/c1-17(2)22(29-25(32)19(5)28-6)26(33)30-23(18(3)4)27(34)31-24(20-13-9-7-10-14-20)21-15-11-8-12-16-21;2-1-3/h7-19,22-24,28H,1-6H3,(H,29,32)(H,30,33)(H,31,34);1H,(H,2,3)/t19-,22-,23-;/m0./s1. The van der Waals surface area contributed by atoms with Crippen LogP contribution in [0.4, 0.5) is 0 Å². The Hall–Kier alpha value is -3.72. The van der Waals surface area contributed by atoms with Gasteiger partial charge < -0.3 is 26.4 Å². The van der Waals surface area contributed by atoms with Crippen molar-refractivity contribution in [1.82, 2.24) is 21.3 Å². The fraction of sp³-hybridized carbons (Fsp3) is 0.429. The van der Waals surface area contributed by atoms with Gasteiger partial charge in [0.2, 0.25) is 17.7 Å². The van der Waals surface area contributed by atoms with Gasteiger partial charge in [-0.15, -0.1) is 0 Å². The van der Waals surface area contributed by atoms with E-state index >= 15 is 0 Å². The van der Waals surface area contributed by atoms with Crippen LogP contribution in [0.25, 0.3) is 0 Å². The molecule has 5 N–H and O–H groups in total. The van der Waals surface area contributed by atoms with Gasteiger partial charge in [-0.3, -0.25) is 19.2 Å². The third kappa shape index (κ3) is 10.0. The van der Waals surface area contributed by atoms with Gasteiger partial charge in [0.25, 0.3) is 6.47 Å². The van der Waals surface area contributed by atoms with E-state index in [0.717, 1.165) is 11.1 Å². The van der Waals surface area contributed by atoms with Crippen molar-refractivity contribution in [2.75, 3.05) is 7.05 Å². The Bertz CT molecular complexity index is 943. The highest BCUT2D eigenvalue weighted by Crippen LogP contribution is 2.22. The van der Waals surface area contributed by atoms with Crippen LogP contribution in [0.2, 0.25) is 0 Å². The molecule has 3 amide bonds. The molecule has 2 aromatic rings. The predicted molar refractivity (Wildman–Crippen MR) is 144 cm³/mol. The van der Waals surface area contributed by atoms with Crippen LogP contribution in [0.15, 0.2) is 60.7 Å². The molecular formula is C28H40N4O5. The summed E-state index contributed by atoms with van der Waals surface area (Å²) in [6.45, 7) is 8.97. The molecule has 37 heavy (non-hydrogen) atoms. The fourth-order valence-corrected chi connectivity index (χ4v) is 3.60. The van der Waals surface area contributed by atoms with E-state index in [-0.39, 0.29) is 42.1 Å². The molecule has 0 aliphatic heterocycles. The lowest BCUT2D eigenvalue weighted by atomic mass is 9.96. The van der Waals surface area contributed by atoms with Crippen molar-refractivity contribution in [2.45, 2.75) is 58.8 Å². The maximum atomic E-state index is 13.4. The van der Waals surface area contributed by atoms with Crippen LogP contribution < -0.4 is 21.3 Å². The minimum atomic E-state index is -0.762. The molecule has 9 heteroatoms. The Kier molecular flexibility index (Phi) is 13.6. The number of nitrogens with one attached hydrogen (secondary N) is 4. The molecule has 0 saturated carbocycles. The average Bonchev–Trinajstić information content (AvgIpc) is 2.89. The smallest absolute Gasteiger partial charge is 0.290 e. The predicted octanol–water partition coefficient (Wildman–Crippen LogP) is 2.48.